The van der Waals surface area contributed by atoms with Crippen LogP contribution in [0.1, 0.15) is 29.9 Å². The number of fused-ring (bicyclic) bond motifs is 1. The molecule has 0 atom stereocenters. The number of ether oxygens (including phenoxy) is 1. The average molecular weight is 249 g/mol. The maximum atomic E-state index is 12.2. The summed E-state index contributed by atoms with van der Waals surface area (Å²) in [5.74, 6) is -0.474. The van der Waals surface area contributed by atoms with Crippen molar-refractivity contribution >= 4 is 11.6 Å². The molecule has 0 amide bonds. The molecule has 2 aromatic heterocycles. The van der Waals surface area contributed by atoms with E-state index in [0.717, 1.165) is 0 Å². The summed E-state index contributed by atoms with van der Waals surface area (Å²) in [5, 5.41) is 3.97. The standard InChI is InChI=1S/C12H15N3O3/c1-4-8-10(12(17)18-5-2)14(3)9-6-7-13-15(9)11(8)16/h6-7H,4-5H2,1-3H3. The molecule has 0 unspecified atom stereocenters. The van der Waals surface area contributed by atoms with Crippen LogP contribution in [0.15, 0.2) is 17.1 Å². The highest BCUT2D eigenvalue weighted by molar-refractivity contribution is 5.89. The van der Waals surface area contributed by atoms with Crippen molar-refractivity contribution in [1.82, 2.24) is 14.2 Å². The monoisotopic (exact) mass is 249 g/mol. The van der Waals surface area contributed by atoms with Gasteiger partial charge in [-0.3, -0.25) is 4.79 Å². The van der Waals surface area contributed by atoms with E-state index in [2.05, 4.69) is 5.10 Å². The Hall–Kier alpha value is -2.11. The van der Waals surface area contributed by atoms with Gasteiger partial charge in [-0.05, 0) is 13.3 Å². The van der Waals surface area contributed by atoms with Crippen LogP contribution in [0.5, 0.6) is 0 Å². The van der Waals surface area contributed by atoms with Crippen molar-refractivity contribution in [2.24, 2.45) is 7.05 Å². The Labute approximate surface area is 104 Å². The maximum absolute atomic E-state index is 12.2. The van der Waals surface area contributed by atoms with Gasteiger partial charge in [0.1, 0.15) is 11.3 Å². The molecule has 6 heteroatoms. The number of aryl methyl sites for hydroxylation is 1. The van der Waals surface area contributed by atoms with E-state index in [-0.39, 0.29) is 12.2 Å². The third-order valence-corrected chi connectivity index (χ3v) is 2.86. The van der Waals surface area contributed by atoms with E-state index in [1.54, 1.807) is 24.6 Å². The summed E-state index contributed by atoms with van der Waals surface area (Å²) >= 11 is 0. The van der Waals surface area contributed by atoms with Crippen molar-refractivity contribution in [2.45, 2.75) is 20.3 Å². The lowest BCUT2D eigenvalue weighted by atomic mass is 10.1. The van der Waals surface area contributed by atoms with Crippen molar-refractivity contribution in [3.8, 4) is 0 Å². The number of aromatic nitrogens is 3. The molecule has 0 spiro atoms. The number of nitrogens with zero attached hydrogens (tertiary/aromatic N) is 3. The first-order chi connectivity index (χ1) is 8.61. The third kappa shape index (κ3) is 1.70. The summed E-state index contributed by atoms with van der Waals surface area (Å²) in [6.45, 7) is 3.84. The summed E-state index contributed by atoms with van der Waals surface area (Å²) in [6, 6.07) is 1.68. The highest BCUT2D eigenvalue weighted by Gasteiger charge is 2.21. The fourth-order valence-corrected chi connectivity index (χ4v) is 2.03. The molecule has 0 aromatic carbocycles. The lowest BCUT2D eigenvalue weighted by molar-refractivity contribution is 0.0513. The van der Waals surface area contributed by atoms with E-state index in [1.807, 2.05) is 6.92 Å². The Balaban J connectivity index is 2.81. The van der Waals surface area contributed by atoms with E-state index < -0.39 is 5.97 Å². The highest BCUT2D eigenvalue weighted by atomic mass is 16.5. The number of hydrogen-bond donors (Lipinski definition) is 0. The molecule has 18 heavy (non-hydrogen) atoms. The SMILES string of the molecule is CCOC(=O)c1c(CC)c(=O)n2nccc2n1C. The molecule has 0 N–H and O–H groups in total. The fourth-order valence-electron chi connectivity index (χ4n) is 2.03. The lowest BCUT2D eigenvalue weighted by Crippen LogP contribution is -2.28. The molecule has 96 valence electrons. The van der Waals surface area contributed by atoms with Gasteiger partial charge in [0.2, 0.25) is 0 Å². The van der Waals surface area contributed by atoms with Crippen LogP contribution in [0.3, 0.4) is 0 Å². The second-order valence-corrected chi connectivity index (χ2v) is 3.87. The van der Waals surface area contributed by atoms with E-state index in [1.165, 1.54) is 10.7 Å². The molecule has 0 aliphatic carbocycles. The van der Waals surface area contributed by atoms with E-state index in [0.29, 0.717) is 23.3 Å². The minimum absolute atomic E-state index is 0.265. The fraction of sp³-hybridized carbons (Fsp3) is 0.417. The van der Waals surface area contributed by atoms with Crippen molar-refractivity contribution < 1.29 is 9.53 Å². The summed E-state index contributed by atoms with van der Waals surface area (Å²) in [5.41, 5.74) is 1.03. The molecule has 0 saturated heterocycles. The Bertz CT molecular complexity index is 654. The molecule has 0 aliphatic rings. The van der Waals surface area contributed by atoms with Gasteiger partial charge in [-0.2, -0.15) is 9.61 Å². The van der Waals surface area contributed by atoms with Crippen molar-refractivity contribution in [3.05, 3.63) is 33.9 Å². The van der Waals surface area contributed by atoms with Gasteiger partial charge in [0.25, 0.3) is 5.56 Å². The minimum atomic E-state index is -0.474. The van der Waals surface area contributed by atoms with Crippen molar-refractivity contribution in [1.29, 1.82) is 0 Å². The molecule has 0 saturated carbocycles. The Morgan fingerprint density at radius 3 is 2.78 bits per heavy atom. The molecule has 2 aromatic rings. The Kier molecular flexibility index (Phi) is 3.18. The van der Waals surface area contributed by atoms with E-state index in [4.69, 9.17) is 4.74 Å². The average Bonchev–Trinajstić information content (AvgIpc) is 2.83. The van der Waals surface area contributed by atoms with Crippen LogP contribution in [0.4, 0.5) is 0 Å². The molecule has 2 rings (SSSR count). The number of hydrogen-bond acceptors (Lipinski definition) is 4. The zero-order valence-corrected chi connectivity index (χ0v) is 10.6. The quantitative estimate of drug-likeness (QED) is 0.754. The topological polar surface area (TPSA) is 65.6 Å². The maximum Gasteiger partial charge on any atom is 0.355 e. The summed E-state index contributed by atoms with van der Waals surface area (Å²) in [4.78, 5) is 24.1. The molecule has 0 radical (unpaired) electrons. The summed E-state index contributed by atoms with van der Waals surface area (Å²) in [6.07, 6.45) is 1.99. The zero-order chi connectivity index (χ0) is 13.3. The van der Waals surface area contributed by atoms with Crippen LogP contribution in [-0.2, 0) is 18.2 Å². The number of rotatable bonds is 3. The van der Waals surface area contributed by atoms with Gasteiger partial charge in [0.05, 0.1) is 18.4 Å². The minimum Gasteiger partial charge on any atom is -0.461 e. The predicted octanol–water partition coefficient (Wildman–Crippen LogP) is 0.772. The van der Waals surface area contributed by atoms with E-state index >= 15 is 0 Å². The molecule has 6 nitrogen and oxygen atoms in total. The first kappa shape index (κ1) is 12.3. The number of esters is 1. The van der Waals surface area contributed by atoms with Crippen LogP contribution < -0.4 is 5.56 Å². The van der Waals surface area contributed by atoms with Gasteiger partial charge < -0.3 is 9.30 Å². The Morgan fingerprint density at radius 2 is 2.17 bits per heavy atom. The van der Waals surface area contributed by atoms with Gasteiger partial charge in [-0.15, -0.1) is 0 Å². The second kappa shape index (κ2) is 4.64. The summed E-state index contributed by atoms with van der Waals surface area (Å²) < 4.78 is 7.94. The first-order valence-corrected chi connectivity index (χ1v) is 5.84. The summed E-state index contributed by atoms with van der Waals surface area (Å²) in [7, 11) is 1.72. The van der Waals surface area contributed by atoms with Crippen molar-refractivity contribution in [3.63, 3.8) is 0 Å². The van der Waals surface area contributed by atoms with Crippen LogP contribution in [-0.4, -0.2) is 26.8 Å². The number of carbonyl (C=O) groups is 1. The third-order valence-electron chi connectivity index (χ3n) is 2.86. The molecular formula is C12H15N3O3. The van der Waals surface area contributed by atoms with Gasteiger partial charge in [0, 0.05) is 13.1 Å². The van der Waals surface area contributed by atoms with Gasteiger partial charge >= 0.3 is 5.97 Å². The first-order valence-electron chi connectivity index (χ1n) is 5.84. The van der Waals surface area contributed by atoms with E-state index in [9.17, 15) is 9.59 Å². The van der Waals surface area contributed by atoms with Crippen LogP contribution in [0, 0.1) is 0 Å². The number of carbonyl (C=O) groups excluding carboxylic acids is 1. The second-order valence-electron chi connectivity index (χ2n) is 3.87. The van der Waals surface area contributed by atoms with Gasteiger partial charge in [-0.25, -0.2) is 4.79 Å². The smallest absolute Gasteiger partial charge is 0.355 e. The van der Waals surface area contributed by atoms with Gasteiger partial charge in [-0.1, -0.05) is 6.92 Å². The highest BCUT2D eigenvalue weighted by Crippen LogP contribution is 2.10. The zero-order valence-electron chi connectivity index (χ0n) is 10.6. The molecular weight excluding hydrogens is 234 g/mol. The normalized spacial score (nSPS) is 10.8. The molecule has 2 heterocycles. The Morgan fingerprint density at radius 1 is 1.44 bits per heavy atom. The van der Waals surface area contributed by atoms with Crippen LogP contribution >= 0.6 is 0 Å². The molecule has 0 bridgehead atoms. The molecule has 0 aliphatic heterocycles. The molecule has 0 fully saturated rings. The lowest BCUT2D eigenvalue weighted by Gasteiger charge is -2.13. The largest absolute Gasteiger partial charge is 0.461 e. The van der Waals surface area contributed by atoms with Gasteiger partial charge in [0.15, 0.2) is 0 Å². The van der Waals surface area contributed by atoms with Crippen LogP contribution in [0.2, 0.25) is 0 Å². The predicted molar refractivity (Wildman–Crippen MR) is 65.8 cm³/mol. The van der Waals surface area contributed by atoms with Crippen LogP contribution in [0.25, 0.3) is 5.65 Å². The van der Waals surface area contributed by atoms with Crippen molar-refractivity contribution in [2.75, 3.05) is 6.61 Å².